The first-order chi connectivity index (χ1) is 10.9. The van der Waals surface area contributed by atoms with Crippen LogP contribution in [0.5, 0.6) is 0 Å². The molecule has 0 radical (unpaired) electrons. The van der Waals surface area contributed by atoms with Crippen LogP contribution < -0.4 is 5.32 Å². The summed E-state index contributed by atoms with van der Waals surface area (Å²) in [5, 5.41) is 2.81. The number of hydrogen-bond acceptors (Lipinski definition) is 4. The minimum absolute atomic E-state index is 0.00580. The van der Waals surface area contributed by atoms with E-state index in [2.05, 4.69) is 34.5 Å². The molecule has 1 aromatic rings. The molecule has 1 unspecified atom stereocenters. The molecule has 1 atom stereocenters. The molecule has 2 rings (SSSR count). The number of carbonyl (C=O) groups excluding carboxylic acids is 1. The summed E-state index contributed by atoms with van der Waals surface area (Å²) in [4.78, 5) is 14.1. The Kier molecular flexibility index (Phi) is 6.42. The highest BCUT2D eigenvalue weighted by atomic mass is 16.6. The van der Waals surface area contributed by atoms with Crippen LogP contribution in [0, 0.1) is 0 Å². The Hall–Kier alpha value is -1.59. The van der Waals surface area contributed by atoms with Gasteiger partial charge in [0, 0.05) is 32.8 Å². The average Bonchev–Trinajstić information content (AvgIpc) is 2.70. The number of ether oxygens (including phenoxy) is 2. The van der Waals surface area contributed by atoms with Gasteiger partial charge in [0.1, 0.15) is 5.60 Å². The topological polar surface area (TPSA) is 50.8 Å². The molecule has 0 bridgehead atoms. The van der Waals surface area contributed by atoms with Crippen molar-refractivity contribution in [2.75, 3.05) is 26.2 Å². The van der Waals surface area contributed by atoms with Gasteiger partial charge in [0.2, 0.25) is 0 Å². The van der Waals surface area contributed by atoms with Crippen LogP contribution in [0.1, 0.15) is 32.8 Å². The first-order valence-electron chi connectivity index (χ1n) is 8.27. The third kappa shape index (κ3) is 7.01. The van der Waals surface area contributed by atoms with Gasteiger partial charge in [0.15, 0.2) is 0 Å². The lowest BCUT2D eigenvalue weighted by atomic mass is 10.2. The average molecular weight is 320 g/mol. The molecule has 1 saturated heterocycles. The number of benzene rings is 1. The lowest BCUT2D eigenvalue weighted by Gasteiger charge is -2.25. The van der Waals surface area contributed by atoms with Gasteiger partial charge >= 0.3 is 6.09 Å². The number of rotatable bonds is 4. The van der Waals surface area contributed by atoms with Crippen molar-refractivity contribution in [1.82, 2.24) is 10.2 Å². The Balaban J connectivity index is 1.81. The van der Waals surface area contributed by atoms with Crippen LogP contribution in [0.3, 0.4) is 0 Å². The van der Waals surface area contributed by atoms with E-state index in [1.54, 1.807) is 0 Å². The zero-order valence-electron chi connectivity index (χ0n) is 14.4. The van der Waals surface area contributed by atoms with E-state index < -0.39 is 5.60 Å². The molecule has 0 aliphatic carbocycles. The van der Waals surface area contributed by atoms with Crippen molar-refractivity contribution in [3.8, 4) is 0 Å². The summed E-state index contributed by atoms with van der Waals surface area (Å²) < 4.78 is 11.1. The number of nitrogens with zero attached hydrogens (tertiary/aromatic N) is 1. The first-order valence-corrected chi connectivity index (χ1v) is 8.27. The molecule has 1 aromatic carbocycles. The van der Waals surface area contributed by atoms with Crippen LogP contribution in [0.4, 0.5) is 4.79 Å². The van der Waals surface area contributed by atoms with Crippen molar-refractivity contribution in [3.05, 3.63) is 35.9 Å². The molecule has 1 amide bonds. The van der Waals surface area contributed by atoms with Crippen LogP contribution >= 0.6 is 0 Å². The molecule has 23 heavy (non-hydrogen) atoms. The normalized spacial score (nSPS) is 19.9. The van der Waals surface area contributed by atoms with Crippen LogP contribution in [-0.4, -0.2) is 48.9 Å². The maximum absolute atomic E-state index is 11.8. The second-order valence-electron chi connectivity index (χ2n) is 6.95. The molecule has 0 spiro atoms. The van der Waals surface area contributed by atoms with E-state index in [4.69, 9.17) is 9.47 Å². The molecule has 128 valence electrons. The monoisotopic (exact) mass is 320 g/mol. The van der Waals surface area contributed by atoms with Crippen LogP contribution in [0.25, 0.3) is 0 Å². The Morgan fingerprint density at radius 1 is 1.35 bits per heavy atom. The Bertz CT molecular complexity index is 485. The minimum atomic E-state index is -0.478. The van der Waals surface area contributed by atoms with Crippen LogP contribution in [0.15, 0.2) is 30.3 Å². The molecule has 5 nitrogen and oxygen atoms in total. The lowest BCUT2D eigenvalue weighted by molar-refractivity contribution is 0.0346. The van der Waals surface area contributed by atoms with Crippen molar-refractivity contribution in [2.45, 2.75) is 45.4 Å². The van der Waals surface area contributed by atoms with E-state index in [1.807, 2.05) is 26.8 Å². The molecular formula is C18H28N2O3. The van der Waals surface area contributed by atoms with Gasteiger partial charge < -0.3 is 14.8 Å². The maximum Gasteiger partial charge on any atom is 0.407 e. The highest BCUT2D eigenvalue weighted by molar-refractivity contribution is 5.67. The highest BCUT2D eigenvalue weighted by Gasteiger charge is 2.21. The molecule has 0 aromatic heterocycles. The van der Waals surface area contributed by atoms with Gasteiger partial charge in [-0.25, -0.2) is 4.79 Å². The fourth-order valence-electron chi connectivity index (χ4n) is 2.59. The summed E-state index contributed by atoms with van der Waals surface area (Å²) >= 11 is 0. The second-order valence-corrected chi connectivity index (χ2v) is 6.95. The number of amides is 1. The number of nitrogens with one attached hydrogen (secondary N) is 1. The van der Waals surface area contributed by atoms with Crippen molar-refractivity contribution in [2.24, 2.45) is 0 Å². The largest absolute Gasteiger partial charge is 0.444 e. The van der Waals surface area contributed by atoms with Crippen molar-refractivity contribution >= 4 is 6.09 Å². The summed E-state index contributed by atoms with van der Waals surface area (Å²) in [6, 6.07) is 10.4. The van der Waals surface area contributed by atoms with E-state index in [0.717, 1.165) is 32.7 Å². The molecule has 1 fully saturated rings. The van der Waals surface area contributed by atoms with Crippen molar-refractivity contribution in [3.63, 3.8) is 0 Å². The van der Waals surface area contributed by atoms with Gasteiger partial charge in [0.05, 0.1) is 6.10 Å². The number of carbonyl (C=O) groups is 1. The van der Waals surface area contributed by atoms with E-state index in [1.165, 1.54) is 5.56 Å². The SMILES string of the molecule is CC(C)(C)OC(=O)NCC1CN(Cc2ccccc2)CCCO1. The summed E-state index contributed by atoms with van der Waals surface area (Å²) in [5.41, 5.74) is 0.821. The minimum Gasteiger partial charge on any atom is -0.444 e. The number of alkyl carbamates (subject to hydrolysis) is 1. The highest BCUT2D eigenvalue weighted by Crippen LogP contribution is 2.11. The van der Waals surface area contributed by atoms with Gasteiger partial charge in [-0.3, -0.25) is 4.90 Å². The zero-order valence-corrected chi connectivity index (χ0v) is 14.4. The fourth-order valence-corrected chi connectivity index (χ4v) is 2.59. The third-order valence-electron chi connectivity index (χ3n) is 3.56. The van der Waals surface area contributed by atoms with E-state index >= 15 is 0 Å². The molecule has 1 N–H and O–H groups in total. The van der Waals surface area contributed by atoms with E-state index in [0.29, 0.717) is 6.54 Å². The van der Waals surface area contributed by atoms with Crippen molar-refractivity contribution < 1.29 is 14.3 Å². The Morgan fingerprint density at radius 2 is 2.09 bits per heavy atom. The third-order valence-corrected chi connectivity index (χ3v) is 3.56. The number of hydrogen-bond donors (Lipinski definition) is 1. The lowest BCUT2D eigenvalue weighted by Crippen LogP contribution is -2.41. The van der Waals surface area contributed by atoms with Gasteiger partial charge in [0.25, 0.3) is 0 Å². The summed E-state index contributed by atoms with van der Waals surface area (Å²) in [6.07, 6.45) is 0.615. The van der Waals surface area contributed by atoms with Crippen LogP contribution in [-0.2, 0) is 16.0 Å². The van der Waals surface area contributed by atoms with Crippen LogP contribution in [0.2, 0.25) is 0 Å². The second kappa shape index (κ2) is 8.31. The molecule has 1 heterocycles. The van der Waals surface area contributed by atoms with Gasteiger partial charge in [-0.2, -0.15) is 0 Å². The van der Waals surface area contributed by atoms with Gasteiger partial charge in [-0.05, 0) is 32.8 Å². The predicted molar refractivity (Wildman–Crippen MR) is 90.3 cm³/mol. The summed E-state index contributed by atoms with van der Waals surface area (Å²) in [5.74, 6) is 0. The predicted octanol–water partition coefficient (Wildman–Crippen LogP) is 2.80. The van der Waals surface area contributed by atoms with Crippen molar-refractivity contribution in [1.29, 1.82) is 0 Å². The van der Waals surface area contributed by atoms with Gasteiger partial charge in [-0.15, -0.1) is 0 Å². The standard InChI is InChI=1S/C18H28N2O3/c1-18(2,3)23-17(21)19-12-16-14-20(10-7-11-22-16)13-15-8-5-4-6-9-15/h4-6,8-9,16H,7,10-14H2,1-3H3,(H,19,21). The molecular weight excluding hydrogens is 292 g/mol. The molecule has 1 aliphatic heterocycles. The zero-order chi connectivity index (χ0) is 16.7. The quantitative estimate of drug-likeness (QED) is 0.927. The smallest absolute Gasteiger partial charge is 0.407 e. The fraction of sp³-hybridized carbons (Fsp3) is 0.611. The summed E-state index contributed by atoms with van der Waals surface area (Å²) in [7, 11) is 0. The Morgan fingerprint density at radius 3 is 2.78 bits per heavy atom. The molecule has 5 heteroatoms. The van der Waals surface area contributed by atoms with E-state index in [-0.39, 0.29) is 12.2 Å². The Labute approximate surface area is 139 Å². The summed E-state index contributed by atoms with van der Waals surface area (Å²) in [6.45, 7) is 9.50. The molecule has 0 saturated carbocycles. The van der Waals surface area contributed by atoms with E-state index in [9.17, 15) is 4.79 Å². The van der Waals surface area contributed by atoms with Gasteiger partial charge in [-0.1, -0.05) is 30.3 Å². The molecule has 1 aliphatic rings. The first kappa shape index (κ1) is 17.8. The maximum atomic E-state index is 11.8.